The molecule has 1 N–H and O–H groups in total. The molecule has 4 nitrogen and oxygen atoms in total. The summed E-state index contributed by atoms with van der Waals surface area (Å²) >= 11 is 1.66. The molecule has 0 amide bonds. The molecule has 1 fully saturated rings. The maximum Gasteiger partial charge on any atom is 0.138 e. The van der Waals surface area contributed by atoms with Crippen LogP contribution < -0.4 is 5.32 Å². The zero-order chi connectivity index (χ0) is 15.5. The number of hydrogen-bond acceptors (Lipinski definition) is 5. The van der Waals surface area contributed by atoms with Crippen LogP contribution >= 0.6 is 11.3 Å². The average Bonchev–Trinajstić information content (AvgIpc) is 3.28. The molecule has 1 aliphatic heterocycles. The highest BCUT2D eigenvalue weighted by Gasteiger charge is 2.23. The first-order chi connectivity index (χ1) is 11.4. The van der Waals surface area contributed by atoms with Crippen LogP contribution in [0.2, 0.25) is 0 Å². The van der Waals surface area contributed by atoms with Gasteiger partial charge in [0, 0.05) is 6.54 Å². The van der Waals surface area contributed by atoms with Gasteiger partial charge in [0.25, 0.3) is 0 Å². The largest absolute Gasteiger partial charge is 0.368 e. The van der Waals surface area contributed by atoms with Crippen LogP contribution in [0.1, 0.15) is 24.4 Å². The smallest absolute Gasteiger partial charge is 0.138 e. The summed E-state index contributed by atoms with van der Waals surface area (Å²) in [6.07, 6.45) is 4.24. The van der Waals surface area contributed by atoms with E-state index in [1.54, 1.807) is 17.7 Å². The van der Waals surface area contributed by atoms with Crippen molar-refractivity contribution in [3.63, 3.8) is 0 Å². The van der Waals surface area contributed by atoms with Crippen molar-refractivity contribution in [2.45, 2.75) is 18.9 Å². The molecule has 0 saturated carbocycles. The summed E-state index contributed by atoms with van der Waals surface area (Å²) in [5.74, 6) is 0.941. The minimum Gasteiger partial charge on any atom is -0.368 e. The fraction of sp³-hybridized carbons (Fsp3) is 0.333. The second-order valence-corrected chi connectivity index (χ2v) is 6.81. The number of benzene rings is 1. The summed E-state index contributed by atoms with van der Waals surface area (Å²) in [4.78, 5) is 12.4. The van der Waals surface area contributed by atoms with Crippen molar-refractivity contribution in [2.24, 2.45) is 0 Å². The number of nitrogens with zero attached hydrogens (tertiary/aromatic N) is 3. The van der Waals surface area contributed by atoms with Crippen molar-refractivity contribution in [1.29, 1.82) is 0 Å². The number of hydrogen-bond donors (Lipinski definition) is 1. The Morgan fingerprint density at radius 3 is 2.74 bits per heavy atom. The van der Waals surface area contributed by atoms with Gasteiger partial charge in [0.1, 0.15) is 17.0 Å². The minimum absolute atomic E-state index is 0.391. The second-order valence-electron chi connectivity index (χ2n) is 5.91. The van der Waals surface area contributed by atoms with Gasteiger partial charge in [0.2, 0.25) is 0 Å². The Balaban J connectivity index is 1.57. The molecule has 0 spiro atoms. The number of fused-ring (bicyclic) bond motifs is 1. The lowest BCUT2D eigenvalue weighted by molar-refractivity contribution is 0.256. The SMILES string of the molecule is c1ccc([C@@H](CNc2ncnc3sccc23)N2CCCC2)cc1. The molecule has 1 aliphatic rings. The van der Waals surface area contributed by atoms with Gasteiger partial charge in [0.05, 0.1) is 11.4 Å². The molecular weight excluding hydrogens is 304 g/mol. The average molecular weight is 324 g/mol. The van der Waals surface area contributed by atoms with Crippen LogP contribution in [-0.2, 0) is 0 Å². The number of anilines is 1. The summed E-state index contributed by atoms with van der Waals surface area (Å²) in [6.45, 7) is 3.23. The zero-order valence-corrected chi connectivity index (χ0v) is 13.8. The van der Waals surface area contributed by atoms with Crippen molar-refractivity contribution in [3.8, 4) is 0 Å². The molecule has 0 radical (unpaired) electrons. The maximum atomic E-state index is 4.44. The van der Waals surface area contributed by atoms with E-state index in [0.29, 0.717) is 6.04 Å². The number of nitrogens with one attached hydrogen (secondary N) is 1. The highest BCUT2D eigenvalue weighted by atomic mass is 32.1. The summed E-state index contributed by atoms with van der Waals surface area (Å²) in [7, 11) is 0. The van der Waals surface area contributed by atoms with Crippen LogP contribution in [-0.4, -0.2) is 34.5 Å². The van der Waals surface area contributed by atoms with Crippen molar-refractivity contribution >= 4 is 27.4 Å². The molecule has 0 unspecified atom stereocenters. The molecule has 23 heavy (non-hydrogen) atoms. The molecule has 1 saturated heterocycles. The minimum atomic E-state index is 0.391. The third-order valence-corrected chi connectivity index (χ3v) is 5.31. The van der Waals surface area contributed by atoms with E-state index in [9.17, 15) is 0 Å². The van der Waals surface area contributed by atoms with Crippen LogP contribution in [0.3, 0.4) is 0 Å². The normalized spacial score (nSPS) is 16.7. The first kappa shape index (κ1) is 14.6. The zero-order valence-electron chi connectivity index (χ0n) is 13.0. The molecule has 2 aromatic heterocycles. The third-order valence-electron chi connectivity index (χ3n) is 4.49. The molecule has 0 aliphatic carbocycles. The maximum absolute atomic E-state index is 4.44. The van der Waals surface area contributed by atoms with Gasteiger partial charge < -0.3 is 5.32 Å². The quantitative estimate of drug-likeness (QED) is 0.772. The Morgan fingerprint density at radius 1 is 1.09 bits per heavy atom. The molecule has 0 bridgehead atoms. The van der Waals surface area contributed by atoms with Crippen LogP contribution in [0.25, 0.3) is 10.2 Å². The van der Waals surface area contributed by atoms with Gasteiger partial charge in [-0.25, -0.2) is 9.97 Å². The molecule has 5 heteroatoms. The Kier molecular flexibility index (Phi) is 4.22. The highest BCUT2D eigenvalue weighted by Crippen LogP contribution is 2.28. The lowest BCUT2D eigenvalue weighted by Gasteiger charge is -2.28. The molecule has 3 aromatic rings. The summed E-state index contributed by atoms with van der Waals surface area (Å²) < 4.78 is 0. The Hall–Kier alpha value is -1.98. The van der Waals surface area contributed by atoms with E-state index in [4.69, 9.17) is 0 Å². The lowest BCUT2D eigenvalue weighted by Crippen LogP contribution is -2.31. The van der Waals surface area contributed by atoms with Gasteiger partial charge in [-0.1, -0.05) is 30.3 Å². The molecule has 1 aromatic carbocycles. The Morgan fingerprint density at radius 2 is 1.91 bits per heavy atom. The number of likely N-dealkylation sites (tertiary alicyclic amines) is 1. The standard InChI is InChI=1S/C18H20N4S/c1-2-6-14(7-3-1)16(22-9-4-5-10-22)12-19-17-15-8-11-23-18(15)21-13-20-17/h1-3,6-8,11,13,16H,4-5,9-10,12H2,(H,19,20,21)/t16-/m1/s1. The van der Waals surface area contributed by atoms with E-state index in [1.165, 1.54) is 31.5 Å². The summed E-state index contributed by atoms with van der Waals surface area (Å²) in [5, 5.41) is 6.75. The van der Waals surface area contributed by atoms with Gasteiger partial charge in [-0.15, -0.1) is 11.3 Å². The summed E-state index contributed by atoms with van der Waals surface area (Å²) in [5.41, 5.74) is 1.37. The fourth-order valence-electron chi connectivity index (χ4n) is 3.31. The molecule has 1 atom stereocenters. The number of thiophene rings is 1. The predicted octanol–water partition coefficient (Wildman–Crippen LogP) is 3.94. The van der Waals surface area contributed by atoms with Gasteiger partial charge in [-0.2, -0.15) is 0 Å². The first-order valence-electron chi connectivity index (χ1n) is 8.13. The molecule has 3 heterocycles. The fourth-order valence-corrected chi connectivity index (χ4v) is 4.04. The van der Waals surface area contributed by atoms with Gasteiger partial charge in [-0.3, -0.25) is 4.90 Å². The van der Waals surface area contributed by atoms with Gasteiger partial charge >= 0.3 is 0 Å². The van der Waals surface area contributed by atoms with E-state index in [0.717, 1.165) is 22.6 Å². The highest BCUT2D eigenvalue weighted by molar-refractivity contribution is 7.16. The first-order valence-corrected chi connectivity index (χ1v) is 9.01. The van der Waals surface area contributed by atoms with Crippen molar-refractivity contribution in [1.82, 2.24) is 14.9 Å². The van der Waals surface area contributed by atoms with Crippen LogP contribution in [0.5, 0.6) is 0 Å². The molecule has 4 rings (SSSR count). The second kappa shape index (κ2) is 6.64. The monoisotopic (exact) mass is 324 g/mol. The topological polar surface area (TPSA) is 41.1 Å². The van der Waals surface area contributed by atoms with E-state index < -0.39 is 0 Å². The van der Waals surface area contributed by atoms with Gasteiger partial charge in [0.15, 0.2) is 0 Å². The summed E-state index contributed by atoms with van der Waals surface area (Å²) in [6, 6.07) is 13.3. The van der Waals surface area contributed by atoms with E-state index in [2.05, 4.69) is 62.0 Å². The molecule has 118 valence electrons. The van der Waals surface area contributed by atoms with E-state index in [1.807, 2.05) is 0 Å². The Labute approximate surface area is 140 Å². The van der Waals surface area contributed by atoms with Crippen LogP contribution in [0.4, 0.5) is 5.82 Å². The van der Waals surface area contributed by atoms with E-state index >= 15 is 0 Å². The van der Waals surface area contributed by atoms with Crippen LogP contribution in [0, 0.1) is 0 Å². The predicted molar refractivity (Wildman–Crippen MR) is 95.9 cm³/mol. The third kappa shape index (κ3) is 3.07. The molecular formula is C18H20N4S. The number of rotatable bonds is 5. The lowest BCUT2D eigenvalue weighted by atomic mass is 10.1. The Bertz CT molecular complexity index is 765. The van der Waals surface area contributed by atoms with Crippen molar-refractivity contribution in [3.05, 3.63) is 53.7 Å². The number of aromatic nitrogens is 2. The van der Waals surface area contributed by atoms with Crippen molar-refractivity contribution in [2.75, 3.05) is 25.0 Å². The van der Waals surface area contributed by atoms with Crippen molar-refractivity contribution < 1.29 is 0 Å². The van der Waals surface area contributed by atoms with E-state index in [-0.39, 0.29) is 0 Å². The van der Waals surface area contributed by atoms with Gasteiger partial charge in [-0.05, 0) is 42.9 Å². The van der Waals surface area contributed by atoms with Crippen LogP contribution in [0.15, 0.2) is 48.1 Å².